The summed E-state index contributed by atoms with van der Waals surface area (Å²) in [6, 6.07) is 10.6. The van der Waals surface area contributed by atoms with Crippen molar-refractivity contribution >= 4 is 29.7 Å². The highest BCUT2D eigenvalue weighted by molar-refractivity contribution is 7.11. The summed E-state index contributed by atoms with van der Waals surface area (Å²) in [7, 11) is 0. The summed E-state index contributed by atoms with van der Waals surface area (Å²) >= 11 is 1.76. The predicted molar refractivity (Wildman–Crippen MR) is 113 cm³/mol. The number of fused-ring (bicyclic) bond motifs is 1. The minimum Gasteiger partial charge on any atom is -0.342 e. The molecule has 1 aliphatic carbocycles. The first kappa shape index (κ1) is 20.3. The largest absolute Gasteiger partial charge is 0.342 e. The summed E-state index contributed by atoms with van der Waals surface area (Å²) < 4.78 is 0. The van der Waals surface area contributed by atoms with E-state index < -0.39 is 0 Å². The molecule has 1 aromatic heterocycles. The van der Waals surface area contributed by atoms with Crippen LogP contribution in [-0.2, 0) is 16.6 Å². The number of rotatable bonds is 3. The van der Waals surface area contributed by atoms with Gasteiger partial charge in [-0.05, 0) is 44.6 Å². The van der Waals surface area contributed by atoms with E-state index in [0.717, 1.165) is 55.9 Å². The molecule has 4 nitrogen and oxygen atoms in total. The Hall–Kier alpha value is -1.43. The molecule has 0 radical (unpaired) electrons. The topological polar surface area (TPSA) is 59.2 Å². The standard InChI is InChI=1S/C21H27N3OS.ClH/c1-15-23-19-17(8-5-9-18(19)26-15)20(25)24-12-10-21(14-22,11-13-24)16-6-3-2-4-7-16;/h2-4,6-7,17H,5,8-14,22H2,1H3;1H. The van der Waals surface area contributed by atoms with Crippen molar-refractivity contribution in [2.75, 3.05) is 19.6 Å². The number of aromatic nitrogens is 1. The zero-order chi connectivity index (χ0) is 18.1. The van der Waals surface area contributed by atoms with Gasteiger partial charge in [-0.2, -0.15) is 0 Å². The van der Waals surface area contributed by atoms with Gasteiger partial charge in [-0.15, -0.1) is 23.7 Å². The zero-order valence-electron chi connectivity index (χ0n) is 15.8. The number of piperidine rings is 1. The van der Waals surface area contributed by atoms with Crippen LogP contribution in [0.25, 0.3) is 0 Å². The smallest absolute Gasteiger partial charge is 0.231 e. The van der Waals surface area contributed by atoms with Crippen LogP contribution in [0.15, 0.2) is 30.3 Å². The summed E-state index contributed by atoms with van der Waals surface area (Å²) in [5.74, 6) is 0.237. The van der Waals surface area contributed by atoms with Gasteiger partial charge >= 0.3 is 0 Å². The van der Waals surface area contributed by atoms with Crippen molar-refractivity contribution < 1.29 is 4.79 Å². The van der Waals surface area contributed by atoms with Crippen molar-refractivity contribution in [2.24, 2.45) is 5.73 Å². The van der Waals surface area contributed by atoms with Crippen molar-refractivity contribution in [2.45, 2.75) is 50.4 Å². The van der Waals surface area contributed by atoms with E-state index in [9.17, 15) is 4.79 Å². The molecule has 1 fully saturated rings. The van der Waals surface area contributed by atoms with Crippen LogP contribution in [0.1, 0.15) is 52.7 Å². The van der Waals surface area contributed by atoms with Crippen molar-refractivity contribution in [3.05, 3.63) is 51.5 Å². The second-order valence-corrected chi connectivity index (χ2v) is 8.95. The number of nitrogens with two attached hydrogens (primary N) is 1. The average Bonchev–Trinajstić information content (AvgIpc) is 3.08. The number of nitrogens with zero attached hydrogens (tertiary/aromatic N) is 2. The molecule has 4 rings (SSSR count). The number of carbonyl (C=O) groups is 1. The zero-order valence-corrected chi connectivity index (χ0v) is 17.5. The van der Waals surface area contributed by atoms with Crippen LogP contribution < -0.4 is 5.73 Å². The van der Waals surface area contributed by atoms with Crippen LogP contribution in [0, 0.1) is 6.92 Å². The van der Waals surface area contributed by atoms with Crippen LogP contribution in [0.4, 0.5) is 0 Å². The molecule has 1 saturated heterocycles. The number of halogens is 1. The summed E-state index contributed by atoms with van der Waals surface area (Å²) in [5.41, 5.74) is 8.56. The highest BCUT2D eigenvalue weighted by Crippen LogP contribution is 2.39. The second kappa shape index (κ2) is 8.29. The molecule has 27 heavy (non-hydrogen) atoms. The lowest BCUT2D eigenvalue weighted by Crippen LogP contribution is -2.49. The maximum absolute atomic E-state index is 13.2. The van der Waals surface area contributed by atoms with Crippen LogP contribution in [0.2, 0.25) is 0 Å². The van der Waals surface area contributed by atoms with Crippen LogP contribution in [0.5, 0.6) is 0 Å². The molecule has 2 aliphatic rings. The van der Waals surface area contributed by atoms with Gasteiger partial charge in [0.25, 0.3) is 0 Å². The Bertz CT molecular complexity index is 784. The Morgan fingerprint density at radius 2 is 2.00 bits per heavy atom. The number of benzene rings is 1. The first-order chi connectivity index (χ1) is 12.6. The Morgan fingerprint density at radius 3 is 2.67 bits per heavy atom. The van der Waals surface area contributed by atoms with E-state index >= 15 is 0 Å². The van der Waals surface area contributed by atoms with E-state index in [2.05, 4.69) is 29.2 Å². The molecule has 2 N–H and O–H groups in total. The third kappa shape index (κ3) is 3.78. The molecular formula is C21H28ClN3OS. The molecule has 6 heteroatoms. The maximum atomic E-state index is 13.2. The lowest BCUT2D eigenvalue weighted by Gasteiger charge is -2.42. The van der Waals surface area contributed by atoms with Crippen LogP contribution in [-0.4, -0.2) is 35.4 Å². The van der Waals surface area contributed by atoms with E-state index in [4.69, 9.17) is 10.7 Å². The van der Waals surface area contributed by atoms with Gasteiger partial charge < -0.3 is 10.6 Å². The summed E-state index contributed by atoms with van der Waals surface area (Å²) in [4.78, 5) is 21.3. The number of thiazole rings is 1. The van der Waals surface area contributed by atoms with Crippen LogP contribution >= 0.6 is 23.7 Å². The molecule has 0 bridgehead atoms. The molecule has 1 aliphatic heterocycles. The fourth-order valence-electron chi connectivity index (χ4n) is 4.56. The minimum atomic E-state index is -0.0363. The molecule has 0 saturated carbocycles. The summed E-state index contributed by atoms with van der Waals surface area (Å²) in [6.07, 6.45) is 4.99. The number of hydrogen-bond donors (Lipinski definition) is 1. The van der Waals surface area contributed by atoms with Crippen molar-refractivity contribution in [1.29, 1.82) is 0 Å². The van der Waals surface area contributed by atoms with E-state index in [-0.39, 0.29) is 29.6 Å². The van der Waals surface area contributed by atoms with Gasteiger partial charge in [0.1, 0.15) is 0 Å². The Morgan fingerprint density at radius 1 is 1.30 bits per heavy atom. The number of aryl methyl sites for hydroxylation is 2. The number of likely N-dealkylation sites (tertiary alicyclic amines) is 1. The molecule has 146 valence electrons. The molecule has 2 heterocycles. The fraction of sp³-hybridized carbons (Fsp3) is 0.524. The Balaban J connectivity index is 0.00000210. The SMILES string of the molecule is Cc1nc2c(s1)CCCC2C(=O)N1CCC(CN)(c2ccccc2)CC1.Cl. The Kier molecular flexibility index (Phi) is 6.24. The maximum Gasteiger partial charge on any atom is 0.231 e. The van der Waals surface area contributed by atoms with Gasteiger partial charge in [-0.1, -0.05) is 30.3 Å². The van der Waals surface area contributed by atoms with Gasteiger partial charge in [-0.25, -0.2) is 4.98 Å². The molecule has 1 amide bonds. The lowest BCUT2D eigenvalue weighted by atomic mass is 9.72. The third-order valence-corrected chi connectivity index (χ3v) is 7.21. The van der Waals surface area contributed by atoms with Gasteiger partial charge in [-0.3, -0.25) is 4.79 Å². The first-order valence-corrected chi connectivity index (χ1v) is 10.5. The highest BCUT2D eigenvalue weighted by Gasteiger charge is 2.39. The molecule has 2 aromatic rings. The predicted octanol–water partition coefficient (Wildman–Crippen LogP) is 3.81. The van der Waals surface area contributed by atoms with Gasteiger partial charge in [0.05, 0.1) is 16.6 Å². The molecular weight excluding hydrogens is 378 g/mol. The average molecular weight is 406 g/mol. The van der Waals surface area contributed by atoms with Gasteiger partial charge in [0.15, 0.2) is 0 Å². The summed E-state index contributed by atoms with van der Waals surface area (Å²) in [5, 5.41) is 1.08. The van der Waals surface area contributed by atoms with Crippen LogP contribution in [0.3, 0.4) is 0 Å². The van der Waals surface area contributed by atoms with Gasteiger partial charge in [0.2, 0.25) is 5.91 Å². The Labute approximate surface area is 171 Å². The fourth-order valence-corrected chi connectivity index (χ4v) is 5.60. The quantitative estimate of drug-likeness (QED) is 0.844. The number of hydrogen-bond acceptors (Lipinski definition) is 4. The van der Waals surface area contributed by atoms with Gasteiger partial charge in [0, 0.05) is 29.9 Å². The monoisotopic (exact) mass is 405 g/mol. The number of carbonyl (C=O) groups excluding carboxylic acids is 1. The van der Waals surface area contributed by atoms with E-state index in [1.54, 1.807) is 11.3 Å². The lowest BCUT2D eigenvalue weighted by molar-refractivity contribution is -0.134. The first-order valence-electron chi connectivity index (χ1n) is 9.63. The molecule has 0 spiro atoms. The molecule has 1 atom stereocenters. The van der Waals surface area contributed by atoms with E-state index in [1.807, 2.05) is 13.0 Å². The normalized spacial score (nSPS) is 21.3. The van der Waals surface area contributed by atoms with Crippen molar-refractivity contribution in [3.63, 3.8) is 0 Å². The minimum absolute atomic E-state index is 0. The second-order valence-electron chi connectivity index (χ2n) is 7.66. The van der Waals surface area contributed by atoms with E-state index in [0.29, 0.717) is 6.54 Å². The molecule has 1 unspecified atom stereocenters. The van der Waals surface area contributed by atoms with Crippen molar-refractivity contribution in [3.8, 4) is 0 Å². The summed E-state index contributed by atoms with van der Waals surface area (Å²) in [6.45, 7) is 4.26. The van der Waals surface area contributed by atoms with E-state index in [1.165, 1.54) is 10.4 Å². The number of amides is 1. The van der Waals surface area contributed by atoms with Crippen molar-refractivity contribution in [1.82, 2.24) is 9.88 Å². The highest BCUT2D eigenvalue weighted by atomic mass is 35.5. The third-order valence-electron chi connectivity index (χ3n) is 6.17. The molecule has 1 aromatic carbocycles.